The zero-order valence-corrected chi connectivity index (χ0v) is 16.3. The third-order valence-corrected chi connectivity index (χ3v) is 5.72. The van der Waals surface area contributed by atoms with Crippen LogP contribution in [-0.4, -0.2) is 33.4 Å². The molecule has 29 heavy (non-hydrogen) atoms. The number of fused-ring (bicyclic) bond motifs is 1. The Bertz CT molecular complexity index is 1070. The molecule has 0 bridgehead atoms. The zero-order valence-electron chi connectivity index (χ0n) is 16.3. The Morgan fingerprint density at radius 3 is 2.59 bits per heavy atom. The van der Waals surface area contributed by atoms with Gasteiger partial charge in [-0.2, -0.15) is 0 Å². The van der Waals surface area contributed by atoms with E-state index in [2.05, 4.69) is 4.98 Å². The van der Waals surface area contributed by atoms with Crippen LogP contribution in [0.2, 0.25) is 0 Å². The summed E-state index contributed by atoms with van der Waals surface area (Å²) in [6.07, 6.45) is 4.06. The van der Waals surface area contributed by atoms with Crippen molar-refractivity contribution in [3.05, 3.63) is 76.6 Å². The normalized spacial score (nSPS) is 15.0. The SMILES string of the molecule is O=C(CCc1ccccc1F)N1CCC(Cn2cnc3ccccc3c2=O)CC1. The van der Waals surface area contributed by atoms with Crippen molar-refractivity contribution >= 4 is 16.8 Å². The van der Waals surface area contributed by atoms with E-state index < -0.39 is 0 Å². The van der Waals surface area contributed by atoms with Crippen molar-refractivity contribution < 1.29 is 9.18 Å². The molecule has 6 heteroatoms. The second-order valence-electron chi connectivity index (χ2n) is 7.63. The van der Waals surface area contributed by atoms with Crippen LogP contribution in [0.25, 0.3) is 10.9 Å². The van der Waals surface area contributed by atoms with Crippen LogP contribution in [0.3, 0.4) is 0 Å². The Kier molecular flexibility index (Phi) is 5.69. The molecule has 0 spiro atoms. The number of likely N-dealkylation sites (tertiary alicyclic amines) is 1. The average molecular weight is 393 g/mol. The quantitative estimate of drug-likeness (QED) is 0.668. The van der Waals surface area contributed by atoms with Gasteiger partial charge in [0, 0.05) is 26.1 Å². The van der Waals surface area contributed by atoms with Crippen LogP contribution in [0.1, 0.15) is 24.8 Å². The first kappa shape index (κ1) is 19.3. The monoisotopic (exact) mass is 393 g/mol. The molecule has 2 aromatic carbocycles. The number of hydrogen-bond donors (Lipinski definition) is 0. The second-order valence-corrected chi connectivity index (χ2v) is 7.63. The molecule has 1 fully saturated rings. The van der Waals surface area contributed by atoms with Gasteiger partial charge in [-0.3, -0.25) is 14.2 Å². The van der Waals surface area contributed by atoms with E-state index in [9.17, 15) is 14.0 Å². The van der Waals surface area contributed by atoms with Crippen LogP contribution in [0, 0.1) is 11.7 Å². The number of halogens is 1. The number of hydrogen-bond acceptors (Lipinski definition) is 3. The lowest BCUT2D eigenvalue weighted by molar-refractivity contribution is -0.132. The van der Waals surface area contributed by atoms with Gasteiger partial charge in [-0.25, -0.2) is 9.37 Å². The largest absolute Gasteiger partial charge is 0.343 e. The summed E-state index contributed by atoms with van der Waals surface area (Å²) in [4.78, 5) is 31.4. The summed E-state index contributed by atoms with van der Waals surface area (Å²) in [5.41, 5.74) is 1.28. The highest BCUT2D eigenvalue weighted by atomic mass is 19.1. The second kappa shape index (κ2) is 8.55. The van der Waals surface area contributed by atoms with Crippen molar-refractivity contribution in [2.75, 3.05) is 13.1 Å². The first-order valence-electron chi connectivity index (χ1n) is 10.1. The number of rotatable bonds is 5. The number of carbonyl (C=O) groups excluding carboxylic acids is 1. The molecule has 0 aliphatic carbocycles. The smallest absolute Gasteiger partial charge is 0.261 e. The van der Waals surface area contributed by atoms with E-state index in [4.69, 9.17) is 0 Å². The number of aryl methyl sites for hydroxylation is 1. The Balaban J connectivity index is 1.31. The Hall–Kier alpha value is -3.02. The predicted octanol–water partition coefficient (Wildman–Crippen LogP) is 3.41. The molecule has 5 nitrogen and oxygen atoms in total. The van der Waals surface area contributed by atoms with E-state index in [0.717, 1.165) is 12.8 Å². The lowest BCUT2D eigenvalue weighted by Crippen LogP contribution is -2.40. The van der Waals surface area contributed by atoms with Crippen molar-refractivity contribution in [3.8, 4) is 0 Å². The summed E-state index contributed by atoms with van der Waals surface area (Å²) in [5, 5.41) is 0.635. The third-order valence-electron chi connectivity index (χ3n) is 5.72. The Labute approximate surface area is 168 Å². The summed E-state index contributed by atoms with van der Waals surface area (Å²) in [6, 6.07) is 14.0. The van der Waals surface area contributed by atoms with Gasteiger partial charge >= 0.3 is 0 Å². The lowest BCUT2D eigenvalue weighted by atomic mass is 9.96. The molecule has 1 aliphatic heterocycles. The number of amides is 1. The first-order chi connectivity index (χ1) is 14.1. The molecular weight excluding hydrogens is 369 g/mol. The molecule has 0 radical (unpaired) electrons. The molecule has 150 valence electrons. The molecule has 2 heterocycles. The van der Waals surface area contributed by atoms with Crippen molar-refractivity contribution in [3.63, 3.8) is 0 Å². The number of benzene rings is 2. The maximum atomic E-state index is 13.7. The molecule has 0 atom stereocenters. The fourth-order valence-corrected chi connectivity index (χ4v) is 3.98. The summed E-state index contributed by atoms with van der Waals surface area (Å²) in [6.45, 7) is 1.97. The van der Waals surface area contributed by atoms with E-state index in [1.165, 1.54) is 6.07 Å². The number of carbonyl (C=O) groups is 1. The molecule has 0 N–H and O–H groups in total. The van der Waals surface area contributed by atoms with Crippen LogP contribution < -0.4 is 5.56 Å². The van der Waals surface area contributed by atoms with Gasteiger partial charge in [-0.15, -0.1) is 0 Å². The summed E-state index contributed by atoms with van der Waals surface area (Å²) >= 11 is 0. The van der Waals surface area contributed by atoms with Gasteiger partial charge < -0.3 is 4.90 Å². The van der Waals surface area contributed by atoms with E-state index in [1.807, 2.05) is 23.1 Å². The van der Waals surface area contributed by atoms with E-state index in [1.54, 1.807) is 35.2 Å². The van der Waals surface area contributed by atoms with Crippen molar-refractivity contribution in [1.29, 1.82) is 0 Å². The molecule has 3 aromatic rings. The molecule has 4 rings (SSSR count). The van der Waals surface area contributed by atoms with Gasteiger partial charge in [0.05, 0.1) is 17.2 Å². The standard InChI is InChI=1S/C23H24FN3O2/c24-20-7-3-1-5-18(20)9-10-22(28)26-13-11-17(12-14-26)15-27-16-25-21-8-4-2-6-19(21)23(27)29/h1-8,16-17H,9-15H2. The van der Waals surface area contributed by atoms with Gasteiger partial charge in [0.15, 0.2) is 0 Å². The van der Waals surface area contributed by atoms with Crippen molar-refractivity contribution in [2.45, 2.75) is 32.2 Å². The molecular formula is C23H24FN3O2. The van der Waals surface area contributed by atoms with E-state index in [0.29, 0.717) is 54.9 Å². The van der Waals surface area contributed by atoms with Gasteiger partial charge in [-0.1, -0.05) is 30.3 Å². The summed E-state index contributed by atoms with van der Waals surface area (Å²) in [5.74, 6) is 0.149. The minimum absolute atomic E-state index is 0.0148. The van der Waals surface area contributed by atoms with Gasteiger partial charge in [0.25, 0.3) is 5.56 Å². The number of piperidine rings is 1. The topological polar surface area (TPSA) is 55.2 Å². The number of nitrogens with zero attached hydrogens (tertiary/aromatic N) is 3. The van der Waals surface area contributed by atoms with Gasteiger partial charge in [0.1, 0.15) is 5.82 Å². The van der Waals surface area contributed by atoms with Gasteiger partial charge in [-0.05, 0) is 48.9 Å². The fourth-order valence-electron chi connectivity index (χ4n) is 3.98. The zero-order chi connectivity index (χ0) is 20.2. The highest BCUT2D eigenvalue weighted by Crippen LogP contribution is 2.20. The van der Waals surface area contributed by atoms with Crippen LogP contribution >= 0.6 is 0 Å². The van der Waals surface area contributed by atoms with E-state index in [-0.39, 0.29) is 17.3 Å². The average Bonchev–Trinajstić information content (AvgIpc) is 2.75. The van der Waals surface area contributed by atoms with Crippen molar-refractivity contribution in [2.24, 2.45) is 5.92 Å². The lowest BCUT2D eigenvalue weighted by Gasteiger charge is -2.32. The predicted molar refractivity (Wildman–Crippen MR) is 110 cm³/mol. The minimum Gasteiger partial charge on any atom is -0.343 e. The molecule has 0 saturated carbocycles. The molecule has 1 saturated heterocycles. The number of aromatic nitrogens is 2. The van der Waals surface area contributed by atoms with Crippen LogP contribution in [-0.2, 0) is 17.8 Å². The Morgan fingerprint density at radius 2 is 1.79 bits per heavy atom. The highest BCUT2D eigenvalue weighted by molar-refractivity contribution is 5.77. The van der Waals surface area contributed by atoms with E-state index >= 15 is 0 Å². The first-order valence-corrected chi connectivity index (χ1v) is 10.1. The summed E-state index contributed by atoms with van der Waals surface area (Å²) < 4.78 is 15.4. The minimum atomic E-state index is -0.256. The van der Waals surface area contributed by atoms with Gasteiger partial charge in [0.2, 0.25) is 5.91 Å². The van der Waals surface area contributed by atoms with Crippen LogP contribution in [0.5, 0.6) is 0 Å². The van der Waals surface area contributed by atoms with Crippen LogP contribution in [0.15, 0.2) is 59.7 Å². The fraction of sp³-hybridized carbons (Fsp3) is 0.348. The molecule has 1 aromatic heterocycles. The maximum absolute atomic E-state index is 13.7. The molecule has 1 amide bonds. The van der Waals surface area contributed by atoms with Crippen molar-refractivity contribution in [1.82, 2.24) is 14.5 Å². The third kappa shape index (κ3) is 4.36. The maximum Gasteiger partial charge on any atom is 0.261 e. The summed E-state index contributed by atoms with van der Waals surface area (Å²) in [7, 11) is 0. The Morgan fingerprint density at radius 1 is 1.07 bits per heavy atom. The highest BCUT2D eigenvalue weighted by Gasteiger charge is 2.23. The molecule has 1 aliphatic rings. The van der Waals surface area contributed by atoms with Crippen LogP contribution in [0.4, 0.5) is 4.39 Å². The number of para-hydroxylation sites is 1. The molecule has 0 unspecified atom stereocenters.